The first-order valence-electron chi connectivity index (χ1n) is 11.3. The van der Waals surface area contributed by atoms with E-state index in [4.69, 9.17) is 0 Å². The van der Waals surface area contributed by atoms with E-state index in [0.717, 1.165) is 22.0 Å². The monoisotopic (exact) mass is 491 g/mol. The molecule has 0 bridgehead atoms. The summed E-state index contributed by atoms with van der Waals surface area (Å²) in [4.78, 5) is 15.4. The summed E-state index contributed by atoms with van der Waals surface area (Å²) in [5, 5.41) is 10.1. The fourth-order valence-electron chi connectivity index (χ4n) is 4.00. The number of fused-ring (bicyclic) bond motifs is 1. The molecule has 4 aromatic rings. The van der Waals surface area contributed by atoms with E-state index < -0.39 is 16.0 Å². The second kappa shape index (κ2) is 9.64. The molecule has 0 spiro atoms. The molecule has 0 unspecified atom stereocenters. The molecule has 0 radical (unpaired) electrons. The van der Waals surface area contributed by atoms with E-state index in [0.29, 0.717) is 0 Å². The van der Waals surface area contributed by atoms with Gasteiger partial charge < -0.3 is 9.67 Å². The fraction of sp³-hybridized carbons (Fsp3) is 0.259. The van der Waals surface area contributed by atoms with Gasteiger partial charge in [0.1, 0.15) is 11.4 Å². The summed E-state index contributed by atoms with van der Waals surface area (Å²) in [7, 11) is -3.84. The number of aromatic nitrogens is 2. The van der Waals surface area contributed by atoms with E-state index >= 15 is 0 Å². The van der Waals surface area contributed by atoms with Gasteiger partial charge in [-0.25, -0.2) is 8.42 Å². The quantitative estimate of drug-likeness (QED) is 0.382. The van der Waals surface area contributed by atoms with E-state index in [1.807, 2.05) is 48.5 Å². The Morgan fingerprint density at radius 2 is 1.69 bits per heavy atom. The minimum absolute atomic E-state index is 0.000277. The van der Waals surface area contributed by atoms with Gasteiger partial charge in [0.15, 0.2) is 0 Å². The van der Waals surface area contributed by atoms with Gasteiger partial charge in [-0.3, -0.25) is 9.78 Å². The highest BCUT2D eigenvalue weighted by Gasteiger charge is 2.26. The van der Waals surface area contributed by atoms with E-state index in [9.17, 15) is 18.3 Å². The molecule has 2 aromatic carbocycles. The zero-order chi connectivity index (χ0) is 25.2. The number of aliphatic carboxylic acids is 1. The van der Waals surface area contributed by atoms with E-state index in [2.05, 4.69) is 25.8 Å². The smallest absolute Gasteiger partial charge is 0.323 e. The fourth-order valence-corrected chi connectivity index (χ4v) is 5.38. The molecule has 7 nitrogen and oxygen atoms in total. The van der Waals surface area contributed by atoms with Crippen molar-refractivity contribution in [2.75, 3.05) is 0 Å². The molecule has 8 heteroatoms. The van der Waals surface area contributed by atoms with Gasteiger partial charge in [0.2, 0.25) is 10.0 Å². The van der Waals surface area contributed by atoms with Crippen molar-refractivity contribution < 1.29 is 18.3 Å². The van der Waals surface area contributed by atoms with Crippen molar-refractivity contribution in [3.8, 4) is 0 Å². The van der Waals surface area contributed by atoms with Crippen molar-refractivity contribution in [2.45, 2.75) is 50.7 Å². The molecule has 0 fully saturated rings. The maximum absolute atomic E-state index is 13.6. The van der Waals surface area contributed by atoms with Crippen LogP contribution in [0.25, 0.3) is 10.9 Å². The number of benzene rings is 2. The van der Waals surface area contributed by atoms with Crippen LogP contribution in [0.2, 0.25) is 0 Å². The second-order valence-corrected chi connectivity index (χ2v) is 11.6. The number of hydrogen-bond acceptors (Lipinski definition) is 4. The van der Waals surface area contributed by atoms with Crippen LogP contribution < -0.4 is 0 Å². The third kappa shape index (κ3) is 5.61. The minimum atomic E-state index is -3.84. The molecule has 0 amide bonds. The molecule has 1 N–H and O–H groups in total. The van der Waals surface area contributed by atoms with Crippen LogP contribution in [0.4, 0.5) is 0 Å². The van der Waals surface area contributed by atoms with Crippen LogP contribution in [0.3, 0.4) is 0 Å². The standard InChI is InChI=1S/C27H29N3O4S/c1-27(2,3)23-10-7-20(8-11-23)17-30(35(33,34)24-5-4-13-28-16-24)18-21-6-9-22-12-14-29(19-26(31)32)25(22)15-21/h4-16H,17-19H2,1-3H3,(H,31,32). The Morgan fingerprint density at radius 3 is 2.31 bits per heavy atom. The summed E-state index contributed by atoms with van der Waals surface area (Å²) in [6, 6.07) is 18.6. The first kappa shape index (κ1) is 24.6. The molecule has 0 aliphatic rings. The van der Waals surface area contributed by atoms with Gasteiger partial charge in [-0.05, 0) is 51.8 Å². The lowest BCUT2D eigenvalue weighted by molar-refractivity contribution is -0.137. The zero-order valence-corrected chi connectivity index (χ0v) is 20.9. The number of carbonyl (C=O) groups is 1. The highest BCUT2D eigenvalue weighted by molar-refractivity contribution is 7.89. The van der Waals surface area contributed by atoms with Crippen molar-refractivity contribution in [2.24, 2.45) is 0 Å². The van der Waals surface area contributed by atoms with Crippen molar-refractivity contribution in [3.63, 3.8) is 0 Å². The molecule has 0 aliphatic heterocycles. The van der Waals surface area contributed by atoms with Gasteiger partial charge >= 0.3 is 5.97 Å². The minimum Gasteiger partial charge on any atom is -0.480 e. The number of rotatable bonds is 8. The van der Waals surface area contributed by atoms with Crippen LogP contribution in [0.5, 0.6) is 0 Å². The number of carboxylic acid groups (broad SMARTS) is 1. The average Bonchev–Trinajstić information content (AvgIpc) is 3.20. The van der Waals surface area contributed by atoms with Gasteiger partial charge in [-0.1, -0.05) is 57.2 Å². The SMILES string of the molecule is CC(C)(C)c1ccc(CN(Cc2ccc3ccn(CC(=O)O)c3c2)S(=O)(=O)c2cccnc2)cc1. The first-order chi connectivity index (χ1) is 16.5. The van der Waals surface area contributed by atoms with E-state index in [1.165, 1.54) is 16.1 Å². The molecule has 4 rings (SSSR count). The van der Waals surface area contributed by atoms with Gasteiger partial charge in [0, 0.05) is 37.2 Å². The van der Waals surface area contributed by atoms with Gasteiger partial charge in [-0.2, -0.15) is 4.31 Å². The van der Waals surface area contributed by atoms with Crippen LogP contribution in [0.1, 0.15) is 37.5 Å². The van der Waals surface area contributed by atoms with E-state index in [1.54, 1.807) is 29.1 Å². The zero-order valence-electron chi connectivity index (χ0n) is 20.0. The molecule has 35 heavy (non-hydrogen) atoms. The molecule has 182 valence electrons. The Morgan fingerprint density at radius 1 is 1.00 bits per heavy atom. The molecule has 0 saturated carbocycles. The van der Waals surface area contributed by atoms with Crippen LogP contribution in [0, 0.1) is 0 Å². The summed E-state index contributed by atoms with van der Waals surface area (Å²) < 4.78 is 30.3. The predicted octanol–water partition coefficient (Wildman–Crippen LogP) is 4.81. The summed E-state index contributed by atoms with van der Waals surface area (Å²) in [6.07, 6.45) is 4.62. The topological polar surface area (TPSA) is 92.5 Å². The Hall–Kier alpha value is -3.49. The van der Waals surface area contributed by atoms with Crippen molar-refractivity contribution >= 4 is 26.9 Å². The molecular weight excluding hydrogens is 462 g/mol. The van der Waals surface area contributed by atoms with Crippen LogP contribution >= 0.6 is 0 Å². The lowest BCUT2D eigenvalue weighted by Gasteiger charge is -2.24. The second-order valence-electron chi connectivity index (χ2n) is 9.64. The number of pyridine rings is 1. The Balaban J connectivity index is 1.70. The average molecular weight is 492 g/mol. The summed E-state index contributed by atoms with van der Waals surface area (Å²) in [5.41, 5.74) is 3.56. The summed E-state index contributed by atoms with van der Waals surface area (Å²) in [5.74, 6) is -0.938. The molecular formula is C27H29N3O4S. The maximum Gasteiger partial charge on any atom is 0.323 e. The summed E-state index contributed by atoms with van der Waals surface area (Å²) in [6.45, 7) is 6.57. The lowest BCUT2D eigenvalue weighted by Crippen LogP contribution is -2.30. The number of sulfonamides is 1. The highest BCUT2D eigenvalue weighted by Crippen LogP contribution is 2.26. The Labute approximate surface area is 205 Å². The van der Waals surface area contributed by atoms with Crippen LogP contribution in [-0.2, 0) is 39.9 Å². The molecule has 0 aliphatic carbocycles. The maximum atomic E-state index is 13.6. The number of hydrogen-bond donors (Lipinski definition) is 1. The third-order valence-electron chi connectivity index (χ3n) is 5.95. The largest absolute Gasteiger partial charge is 0.480 e. The van der Waals surface area contributed by atoms with Crippen molar-refractivity contribution in [1.29, 1.82) is 0 Å². The lowest BCUT2D eigenvalue weighted by atomic mass is 9.87. The number of nitrogens with zero attached hydrogens (tertiary/aromatic N) is 3. The molecule has 2 heterocycles. The van der Waals surface area contributed by atoms with Crippen LogP contribution in [0.15, 0.2) is 84.1 Å². The third-order valence-corrected chi connectivity index (χ3v) is 7.73. The van der Waals surface area contributed by atoms with Gasteiger partial charge in [-0.15, -0.1) is 0 Å². The Bertz CT molecular complexity index is 1440. The molecule has 0 saturated heterocycles. The van der Waals surface area contributed by atoms with Crippen LogP contribution in [-0.4, -0.2) is 33.3 Å². The predicted molar refractivity (Wildman–Crippen MR) is 135 cm³/mol. The van der Waals surface area contributed by atoms with Gasteiger partial charge in [0.05, 0.1) is 0 Å². The summed E-state index contributed by atoms with van der Waals surface area (Å²) >= 11 is 0. The van der Waals surface area contributed by atoms with Crippen molar-refractivity contribution in [3.05, 3.63) is 95.9 Å². The molecule has 0 atom stereocenters. The number of carboxylic acids is 1. The Kier molecular flexibility index (Phi) is 6.78. The molecule has 2 aromatic heterocycles. The van der Waals surface area contributed by atoms with Crippen molar-refractivity contribution in [1.82, 2.24) is 13.9 Å². The normalized spacial score (nSPS) is 12.3. The van der Waals surface area contributed by atoms with Gasteiger partial charge in [0.25, 0.3) is 0 Å². The van der Waals surface area contributed by atoms with E-state index in [-0.39, 0.29) is 29.9 Å². The highest BCUT2D eigenvalue weighted by atomic mass is 32.2. The first-order valence-corrected chi connectivity index (χ1v) is 12.8.